The predicted octanol–water partition coefficient (Wildman–Crippen LogP) is 0.949. The first-order valence-electron chi connectivity index (χ1n) is 4.96. The molecular formula is C10H16N2O4. The van der Waals surface area contributed by atoms with Crippen LogP contribution in [0.4, 0.5) is 0 Å². The van der Waals surface area contributed by atoms with Gasteiger partial charge in [-0.1, -0.05) is 0 Å². The van der Waals surface area contributed by atoms with Crippen LogP contribution in [0.3, 0.4) is 0 Å². The van der Waals surface area contributed by atoms with E-state index in [0.717, 1.165) is 0 Å². The van der Waals surface area contributed by atoms with Crippen molar-refractivity contribution in [2.45, 2.75) is 27.7 Å². The molecule has 0 aliphatic rings. The van der Waals surface area contributed by atoms with Crippen molar-refractivity contribution in [3.05, 3.63) is 0 Å². The van der Waals surface area contributed by atoms with Crippen LogP contribution in [-0.4, -0.2) is 36.6 Å². The first kappa shape index (κ1) is 14.3. The molecule has 0 fully saturated rings. The van der Waals surface area contributed by atoms with E-state index in [4.69, 9.17) is 4.74 Å². The minimum atomic E-state index is -0.923. The minimum absolute atomic E-state index is 0.0301. The smallest absolute Gasteiger partial charge is 0.381 e. The predicted molar refractivity (Wildman–Crippen MR) is 59.5 cm³/mol. The standard InChI is InChI=1S/C10H16N2O4/c1-5-15-8(4)12-11-7(3)9(13)10(14)16-6-2/h5-6H2,1-4H3. The molecule has 90 valence electrons. The highest BCUT2D eigenvalue weighted by molar-refractivity contribution is 6.63. The number of Topliss-reactive ketones (excluding diaryl/α,β-unsaturated/α-hetero) is 1. The molecule has 0 unspecified atom stereocenters. The lowest BCUT2D eigenvalue weighted by Crippen LogP contribution is -2.24. The van der Waals surface area contributed by atoms with Crippen molar-refractivity contribution in [1.29, 1.82) is 0 Å². The summed E-state index contributed by atoms with van der Waals surface area (Å²) in [4.78, 5) is 22.3. The maximum absolute atomic E-state index is 11.3. The molecule has 0 aliphatic carbocycles. The number of esters is 1. The summed E-state index contributed by atoms with van der Waals surface area (Å²) >= 11 is 0. The number of rotatable bonds is 5. The zero-order valence-corrected chi connectivity index (χ0v) is 9.94. The lowest BCUT2D eigenvalue weighted by atomic mass is 10.3. The number of ether oxygens (including phenoxy) is 2. The van der Waals surface area contributed by atoms with Crippen LogP contribution in [0.15, 0.2) is 10.2 Å². The molecule has 6 nitrogen and oxygen atoms in total. The molecule has 0 aromatic rings. The summed E-state index contributed by atoms with van der Waals surface area (Å²) in [6.45, 7) is 7.04. The summed E-state index contributed by atoms with van der Waals surface area (Å²) in [7, 11) is 0. The molecule has 6 heteroatoms. The van der Waals surface area contributed by atoms with Gasteiger partial charge in [0.2, 0.25) is 5.90 Å². The van der Waals surface area contributed by atoms with Crippen molar-refractivity contribution in [2.75, 3.05) is 13.2 Å². The van der Waals surface area contributed by atoms with Gasteiger partial charge in [-0.3, -0.25) is 4.79 Å². The second kappa shape index (κ2) is 7.56. The van der Waals surface area contributed by atoms with Crippen LogP contribution in [-0.2, 0) is 19.1 Å². The van der Waals surface area contributed by atoms with Crippen LogP contribution in [0.25, 0.3) is 0 Å². The van der Waals surface area contributed by atoms with Crippen LogP contribution >= 0.6 is 0 Å². The molecule has 0 aromatic carbocycles. The normalized spacial score (nSPS) is 12.2. The Kier molecular flexibility index (Phi) is 6.74. The highest BCUT2D eigenvalue weighted by atomic mass is 16.5. The van der Waals surface area contributed by atoms with E-state index in [2.05, 4.69) is 14.9 Å². The Morgan fingerprint density at radius 3 is 2.06 bits per heavy atom. The third kappa shape index (κ3) is 5.23. The van der Waals surface area contributed by atoms with Gasteiger partial charge in [0.25, 0.3) is 5.78 Å². The van der Waals surface area contributed by atoms with Crippen LogP contribution in [0.2, 0.25) is 0 Å². The Morgan fingerprint density at radius 2 is 1.56 bits per heavy atom. The van der Waals surface area contributed by atoms with Gasteiger partial charge < -0.3 is 9.47 Å². The Balaban J connectivity index is 4.48. The quantitative estimate of drug-likeness (QED) is 0.231. The fourth-order valence-corrected chi connectivity index (χ4v) is 0.773. The van der Waals surface area contributed by atoms with Gasteiger partial charge in [-0.15, -0.1) is 10.2 Å². The number of hydrogen-bond acceptors (Lipinski definition) is 6. The van der Waals surface area contributed by atoms with Crippen LogP contribution < -0.4 is 0 Å². The molecule has 0 saturated heterocycles. The molecule has 0 saturated carbocycles. The fourth-order valence-electron chi connectivity index (χ4n) is 0.773. The van der Waals surface area contributed by atoms with Gasteiger partial charge in [-0.25, -0.2) is 4.79 Å². The van der Waals surface area contributed by atoms with Crippen LogP contribution in [0.1, 0.15) is 27.7 Å². The first-order valence-corrected chi connectivity index (χ1v) is 4.96. The minimum Gasteiger partial charge on any atom is -0.480 e. The van der Waals surface area contributed by atoms with Crippen LogP contribution in [0.5, 0.6) is 0 Å². The molecule has 0 N–H and O–H groups in total. The van der Waals surface area contributed by atoms with E-state index < -0.39 is 11.8 Å². The maximum atomic E-state index is 11.3. The Labute approximate surface area is 94.3 Å². The average Bonchev–Trinajstić information content (AvgIpc) is 2.25. The number of carbonyl (C=O) groups is 2. The van der Waals surface area contributed by atoms with E-state index in [9.17, 15) is 9.59 Å². The molecule has 0 bridgehead atoms. The van der Waals surface area contributed by atoms with Crippen molar-refractivity contribution in [3.8, 4) is 0 Å². The van der Waals surface area contributed by atoms with Gasteiger partial charge in [0.15, 0.2) is 0 Å². The van der Waals surface area contributed by atoms with Crippen molar-refractivity contribution < 1.29 is 19.1 Å². The van der Waals surface area contributed by atoms with Gasteiger partial charge in [-0.2, -0.15) is 0 Å². The number of ketones is 1. The molecule has 0 heterocycles. The van der Waals surface area contributed by atoms with Gasteiger partial charge in [0.1, 0.15) is 5.71 Å². The lowest BCUT2D eigenvalue weighted by molar-refractivity contribution is -0.150. The molecule has 0 atom stereocenters. The summed E-state index contributed by atoms with van der Waals surface area (Å²) < 4.78 is 9.53. The highest BCUT2D eigenvalue weighted by Gasteiger charge is 2.18. The molecule has 0 rings (SSSR count). The molecule has 16 heavy (non-hydrogen) atoms. The van der Waals surface area contributed by atoms with Gasteiger partial charge in [0, 0.05) is 6.92 Å². The third-order valence-corrected chi connectivity index (χ3v) is 1.48. The summed E-state index contributed by atoms with van der Waals surface area (Å²) in [5.74, 6) is -1.39. The second-order valence-electron chi connectivity index (χ2n) is 2.79. The van der Waals surface area contributed by atoms with E-state index in [1.165, 1.54) is 6.92 Å². The fraction of sp³-hybridized carbons (Fsp3) is 0.600. The highest BCUT2D eigenvalue weighted by Crippen LogP contribution is 1.90. The monoisotopic (exact) mass is 228 g/mol. The van der Waals surface area contributed by atoms with Gasteiger partial charge in [-0.05, 0) is 20.8 Å². The largest absolute Gasteiger partial charge is 0.480 e. The Morgan fingerprint density at radius 1 is 1.00 bits per heavy atom. The van der Waals surface area contributed by atoms with E-state index in [1.807, 2.05) is 0 Å². The number of hydrogen-bond donors (Lipinski definition) is 0. The molecule has 0 aliphatic heterocycles. The first-order chi connectivity index (χ1) is 7.52. The lowest BCUT2D eigenvalue weighted by Gasteiger charge is -2.00. The zero-order valence-electron chi connectivity index (χ0n) is 9.94. The summed E-state index contributed by atoms with van der Waals surface area (Å²) in [6.07, 6.45) is 0. The van der Waals surface area contributed by atoms with Gasteiger partial charge in [0.05, 0.1) is 13.2 Å². The Bertz CT molecular complexity index is 321. The number of carbonyl (C=O) groups excluding carboxylic acids is 2. The van der Waals surface area contributed by atoms with E-state index in [1.54, 1.807) is 20.8 Å². The zero-order chi connectivity index (χ0) is 12.6. The van der Waals surface area contributed by atoms with Gasteiger partial charge >= 0.3 is 5.97 Å². The third-order valence-electron chi connectivity index (χ3n) is 1.48. The maximum Gasteiger partial charge on any atom is 0.381 e. The van der Waals surface area contributed by atoms with Crippen molar-refractivity contribution in [3.63, 3.8) is 0 Å². The molecule has 0 radical (unpaired) electrons. The summed E-state index contributed by atoms with van der Waals surface area (Å²) in [5.41, 5.74) is -0.0301. The van der Waals surface area contributed by atoms with Crippen molar-refractivity contribution in [1.82, 2.24) is 0 Å². The topological polar surface area (TPSA) is 77.3 Å². The SMILES string of the molecule is CCOC(=O)C(=O)C(C)=NN=C(C)OCC. The van der Waals surface area contributed by atoms with E-state index >= 15 is 0 Å². The molecule has 0 aromatic heterocycles. The Hall–Kier alpha value is -1.72. The average molecular weight is 228 g/mol. The number of nitrogens with zero attached hydrogens (tertiary/aromatic N) is 2. The summed E-state index contributed by atoms with van der Waals surface area (Å²) in [5, 5.41) is 7.21. The summed E-state index contributed by atoms with van der Waals surface area (Å²) in [6, 6.07) is 0. The van der Waals surface area contributed by atoms with E-state index in [0.29, 0.717) is 12.5 Å². The second-order valence-corrected chi connectivity index (χ2v) is 2.79. The molecular weight excluding hydrogens is 212 g/mol. The molecule has 0 amide bonds. The van der Waals surface area contributed by atoms with Crippen LogP contribution in [0, 0.1) is 0 Å². The molecule has 0 spiro atoms. The van der Waals surface area contributed by atoms with E-state index in [-0.39, 0.29) is 12.3 Å². The van der Waals surface area contributed by atoms with Crippen molar-refractivity contribution >= 4 is 23.4 Å². The van der Waals surface area contributed by atoms with Crippen molar-refractivity contribution in [2.24, 2.45) is 10.2 Å².